The molecule has 0 radical (unpaired) electrons. The number of nitrogens with zero attached hydrogens (tertiary/aromatic N) is 1. The lowest BCUT2D eigenvalue weighted by molar-refractivity contribution is 1.14. The molecule has 0 saturated carbocycles. The molecule has 0 spiro atoms. The normalized spacial score (nSPS) is 8.64. The van der Waals surface area contributed by atoms with Crippen molar-refractivity contribution in [3.05, 3.63) is 35.7 Å². The van der Waals surface area contributed by atoms with Gasteiger partial charge in [0.15, 0.2) is 0 Å². The van der Waals surface area contributed by atoms with Crippen LogP contribution < -0.4 is 5.32 Å². The number of hydrogen-bond acceptors (Lipinski definition) is 2. The highest BCUT2D eigenvalue weighted by atomic mass is 15.0. The highest BCUT2D eigenvalue weighted by Gasteiger charge is 1.96. The second kappa shape index (κ2) is 6.19. The molecule has 1 N–H and O–H groups in total. The fourth-order valence-electron chi connectivity index (χ4n) is 0.919. The van der Waals surface area contributed by atoms with Crippen LogP contribution >= 0.6 is 0 Å². The molecule has 14 heavy (non-hydrogen) atoms. The Labute approximate surface area is 87.1 Å². The molecule has 0 aliphatic carbocycles. The van der Waals surface area contributed by atoms with Crippen LogP contribution in [0.4, 0.5) is 5.82 Å². The molecule has 2 heteroatoms. The molecule has 0 saturated heterocycles. The van der Waals surface area contributed by atoms with Crippen molar-refractivity contribution < 1.29 is 0 Å². The second-order valence-electron chi connectivity index (χ2n) is 3.00. The largest absolute Gasteiger partial charge is 0.345 e. The minimum atomic E-state index is 0.866. The summed E-state index contributed by atoms with van der Waals surface area (Å²) in [6.07, 6.45) is 0. The first-order valence-corrected chi connectivity index (χ1v) is 4.96. The van der Waals surface area contributed by atoms with E-state index in [9.17, 15) is 0 Å². The third-order valence-corrected chi connectivity index (χ3v) is 1.69. The molecular formula is C12H20N2. The minimum absolute atomic E-state index is 0.866. The van der Waals surface area contributed by atoms with Crippen molar-refractivity contribution in [1.29, 1.82) is 0 Å². The molecular weight excluding hydrogens is 172 g/mol. The van der Waals surface area contributed by atoms with Gasteiger partial charge in [0.1, 0.15) is 5.82 Å². The first kappa shape index (κ1) is 12.7. The molecule has 0 fully saturated rings. The number of nitrogens with one attached hydrogen (secondary N) is 1. The molecule has 1 aromatic rings. The van der Waals surface area contributed by atoms with Gasteiger partial charge in [-0.25, -0.2) is 4.98 Å². The fourth-order valence-corrected chi connectivity index (χ4v) is 0.919. The second-order valence-corrected chi connectivity index (χ2v) is 3.00. The van der Waals surface area contributed by atoms with Crippen LogP contribution in [0.1, 0.15) is 32.0 Å². The van der Waals surface area contributed by atoms with E-state index in [-0.39, 0.29) is 0 Å². The summed E-state index contributed by atoms with van der Waals surface area (Å²) in [4.78, 5) is 4.34. The van der Waals surface area contributed by atoms with Gasteiger partial charge in [-0.2, -0.15) is 0 Å². The van der Waals surface area contributed by atoms with E-state index in [1.807, 2.05) is 46.8 Å². The van der Waals surface area contributed by atoms with Crippen molar-refractivity contribution in [1.82, 2.24) is 4.98 Å². The maximum Gasteiger partial charge on any atom is 0.130 e. The number of pyridine rings is 1. The lowest BCUT2D eigenvalue weighted by atomic mass is 10.2. The number of aryl methyl sites for hydroxylation is 2. The summed E-state index contributed by atoms with van der Waals surface area (Å²) in [6.45, 7) is 13.7. The highest BCUT2D eigenvalue weighted by molar-refractivity contribution is 5.42. The predicted molar refractivity (Wildman–Crippen MR) is 63.5 cm³/mol. The maximum absolute atomic E-state index is 4.34. The van der Waals surface area contributed by atoms with Gasteiger partial charge in [-0.3, -0.25) is 0 Å². The molecule has 0 aliphatic heterocycles. The smallest absolute Gasteiger partial charge is 0.130 e. The Hall–Kier alpha value is -1.31. The zero-order valence-corrected chi connectivity index (χ0v) is 9.81. The molecule has 0 aromatic carbocycles. The number of anilines is 1. The van der Waals surface area contributed by atoms with Crippen molar-refractivity contribution in [2.24, 2.45) is 0 Å². The zero-order valence-electron chi connectivity index (χ0n) is 9.81. The maximum atomic E-state index is 4.34. The summed E-state index contributed by atoms with van der Waals surface area (Å²) in [6, 6.07) is 4.00. The van der Waals surface area contributed by atoms with Crippen LogP contribution in [0.25, 0.3) is 0 Å². The molecule has 1 rings (SSSR count). The van der Waals surface area contributed by atoms with Gasteiger partial charge in [0.25, 0.3) is 0 Å². The van der Waals surface area contributed by atoms with Crippen LogP contribution in [0.15, 0.2) is 24.4 Å². The van der Waals surface area contributed by atoms with E-state index < -0.39 is 0 Å². The van der Waals surface area contributed by atoms with E-state index in [0.717, 1.165) is 17.2 Å². The monoisotopic (exact) mass is 192 g/mol. The van der Waals surface area contributed by atoms with Gasteiger partial charge in [-0.05, 0) is 32.4 Å². The molecule has 0 aliphatic rings. The van der Waals surface area contributed by atoms with Crippen LogP contribution in [0.5, 0.6) is 0 Å². The van der Waals surface area contributed by atoms with E-state index in [0.29, 0.717) is 0 Å². The minimum Gasteiger partial charge on any atom is -0.345 e. The first-order valence-electron chi connectivity index (χ1n) is 4.96. The van der Waals surface area contributed by atoms with E-state index in [1.165, 1.54) is 5.56 Å². The Balaban J connectivity index is 0.000000791. The number of rotatable bonds is 2. The SMILES string of the molecule is C=C(C)Nc1ccc(C)c(C)n1.CC. The van der Waals surface area contributed by atoms with Crippen LogP contribution in [0.2, 0.25) is 0 Å². The number of aromatic nitrogens is 1. The van der Waals surface area contributed by atoms with Gasteiger partial charge in [0, 0.05) is 11.4 Å². The van der Waals surface area contributed by atoms with Crippen LogP contribution in [-0.2, 0) is 0 Å². The Morgan fingerprint density at radius 1 is 1.29 bits per heavy atom. The predicted octanol–water partition coefficient (Wildman–Crippen LogP) is 3.67. The summed E-state index contributed by atoms with van der Waals surface area (Å²) in [5.74, 6) is 0.866. The molecule has 0 atom stereocenters. The van der Waals surface area contributed by atoms with E-state index in [2.05, 4.69) is 16.9 Å². The zero-order chi connectivity index (χ0) is 11.1. The topological polar surface area (TPSA) is 24.9 Å². The summed E-state index contributed by atoms with van der Waals surface area (Å²) < 4.78 is 0. The van der Waals surface area contributed by atoms with Crippen molar-refractivity contribution in [3.8, 4) is 0 Å². The Morgan fingerprint density at radius 2 is 1.86 bits per heavy atom. The third kappa shape index (κ3) is 4.08. The van der Waals surface area contributed by atoms with Crippen LogP contribution in [0.3, 0.4) is 0 Å². The third-order valence-electron chi connectivity index (χ3n) is 1.69. The molecule has 2 nitrogen and oxygen atoms in total. The average molecular weight is 192 g/mol. The molecule has 0 bridgehead atoms. The fraction of sp³-hybridized carbons (Fsp3) is 0.417. The number of hydrogen-bond donors (Lipinski definition) is 1. The van der Waals surface area contributed by atoms with E-state index in [1.54, 1.807) is 0 Å². The lowest BCUT2D eigenvalue weighted by Crippen LogP contribution is -1.98. The molecule has 0 unspecified atom stereocenters. The quantitative estimate of drug-likeness (QED) is 0.773. The van der Waals surface area contributed by atoms with Crippen molar-refractivity contribution >= 4 is 5.82 Å². The van der Waals surface area contributed by atoms with Gasteiger partial charge >= 0.3 is 0 Å². The Bertz CT molecular complexity index is 303. The van der Waals surface area contributed by atoms with Crippen molar-refractivity contribution in [2.45, 2.75) is 34.6 Å². The van der Waals surface area contributed by atoms with Crippen molar-refractivity contribution in [2.75, 3.05) is 5.32 Å². The summed E-state index contributed by atoms with van der Waals surface area (Å²) in [5, 5.41) is 3.07. The van der Waals surface area contributed by atoms with Crippen LogP contribution in [-0.4, -0.2) is 4.98 Å². The average Bonchev–Trinajstić information content (AvgIpc) is 2.14. The summed E-state index contributed by atoms with van der Waals surface area (Å²) in [5.41, 5.74) is 3.18. The number of allylic oxidation sites excluding steroid dienone is 1. The Kier molecular flexibility index (Phi) is 5.61. The van der Waals surface area contributed by atoms with E-state index >= 15 is 0 Å². The molecule has 1 heterocycles. The first-order chi connectivity index (χ1) is 6.59. The standard InChI is InChI=1S/C10H14N2.C2H6/c1-7(2)11-10-6-5-8(3)9(4)12-10;1-2/h5-6H,1H2,2-4H3,(H,11,12);1-2H3. The van der Waals surface area contributed by atoms with E-state index in [4.69, 9.17) is 0 Å². The highest BCUT2D eigenvalue weighted by Crippen LogP contribution is 2.10. The van der Waals surface area contributed by atoms with Crippen LogP contribution in [0, 0.1) is 13.8 Å². The Morgan fingerprint density at radius 3 is 2.29 bits per heavy atom. The molecule has 1 aromatic heterocycles. The van der Waals surface area contributed by atoms with Crippen molar-refractivity contribution in [3.63, 3.8) is 0 Å². The van der Waals surface area contributed by atoms with Gasteiger partial charge in [-0.15, -0.1) is 0 Å². The summed E-state index contributed by atoms with van der Waals surface area (Å²) >= 11 is 0. The van der Waals surface area contributed by atoms with Gasteiger partial charge in [0.2, 0.25) is 0 Å². The van der Waals surface area contributed by atoms with Gasteiger partial charge in [0.05, 0.1) is 0 Å². The van der Waals surface area contributed by atoms with Gasteiger partial charge in [-0.1, -0.05) is 26.5 Å². The van der Waals surface area contributed by atoms with Gasteiger partial charge < -0.3 is 5.32 Å². The molecule has 0 amide bonds. The molecule has 78 valence electrons. The summed E-state index contributed by atoms with van der Waals surface area (Å²) in [7, 11) is 0. The lowest BCUT2D eigenvalue weighted by Gasteiger charge is -2.05.